The Hall–Kier alpha value is -2.33. The molecular weight excluding hydrogens is 436 g/mol. The van der Waals surface area contributed by atoms with E-state index in [0.717, 1.165) is 42.8 Å². The lowest BCUT2D eigenvalue weighted by molar-refractivity contribution is -0.204. The van der Waals surface area contributed by atoms with Crippen molar-refractivity contribution in [1.82, 2.24) is 0 Å². The molecule has 0 aliphatic heterocycles. The summed E-state index contributed by atoms with van der Waals surface area (Å²) >= 11 is 0. The van der Waals surface area contributed by atoms with Crippen LogP contribution >= 0.6 is 0 Å². The minimum absolute atomic E-state index is 0.458. The highest BCUT2D eigenvalue weighted by Crippen LogP contribution is 2.35. The van der Waals surface area contributed by atoms with Crippen molar-refractivity contribution in [3.63, 3.8) is 0 Å². The minimum atomic E-state index is -1.08. The number of hydrogen-bond donors (Lipinski definition) is 0. The second kappa shape index (κ2) is 17.2. The van der Waals surface area contributed by atoms with Gasteiger partial charge in [0.25, 0.3) is 0 Å². The standard InChI is InChI=1S/C31H46O4/c1-4-7-9-11-13-17-25-33-29-20-16-15-19-28(29)27-21-23-31(24-22-27,35-30(32)6-3)34-26-18-14-12-10-8-5-2/h6,15-16,19-23H,3-5,7-14,17-18,24-26H2,1-2H3. The average molecular weight is 483 g/mol. The fraction of sp³-hybridized carbons (Fsp3) is 0.581. The summed E-state index contributed by atoms with van der Waals surface area (Å²) in [5.74, 6) is -0.662. The topological polar surface area (TPSA) is 44.8 Å². The molecule has 0 bridgehead atoms. The van der Waals surface area contributed by atoms with Crippen LogP contribution < -0.4 is 4.74 Å². The van der Waals surface area contributed by atoms with Crippen LogP contribution in [-0.2, 0) is 14.3 Å². The Morgan fingerprint density at radius 1 is 0.914 bits per heavy atom. The van der Waals surface area contributed by atoms with E-state index >= 15 is 0 Å². The summed E-state index contributed by atoms with van der Waals surface area (Å²) in [6.07, 6.45) is 22.1. The van der Waals surface area contributed by atoms with Crippen LogP contribution in [0.5, 0.6) is 5.75 Å². The summed E-state index contributed by atoms with van der Waals surface area (Å²) in [7, 11) is 0. The fourth-order valence-corrected chi connectivity index (χ4v) is 4.25. The number of rotatable bonds is 19. The van der Waals surface area contributed by atoms with Gasteiger partial charge in [-0.15, -0.1) is 0 Å². The van der Waals surface area contributed by atoms with Crippen LogP contribution in [0.4, 0.5) is 0 Å². The maximum absolute atomic E-state index is 12.0. The number of ether oxygens (including phenoxy) is 3. The molecule has 0 spiro atoms. The first-order valence-corrected chi connectivity index (χ1v) is 13.7. The maximum Gasteiger partial charge on any atom is 0.332 e. The van der Waals surface area contributed by atoms with Crippen LogP contribution in [0.1, 0.15) is 103 Å². The van der Waals surface area contributed by atoms with Gasteiger partial charge in [-0.1, -0.05) is 115 Å². The van der Waals surface area contributed by atoms with Crippen molar-refractivity contribution >= 4 is 11.5 Å². The zero-order valence-electron chi connectivity index (χ0n) is 22.1. The number of carbonyl (C=O) groups excluding carboxylic acids is 1. The molecule has 0 fully saturated rings. The van der Waals surface area contributed by atoms with E-state index < -0.39 is 11.8 Å². The molecular formula is C31H46O4. The smallest absolute Gasteiger partial charge is 0.332 e. The first kappa shape index (κ1) is 28.9. The predicted octanol–water partition coefficient (Wildman–Crippen LogP) is 8.57. The Bertz CT molecular complexity index is 810. The Kier molecular flexibility index (Phi) is 14.2. The van der Waals surface area contributed by atoms with Gasteiger partial charge in [-0.05, 0) is 30.6 Å². The summed E-state index contributed by atoms with van der Waals surface area (Å²) in [6, 6.07) is 8.13. The molecule has 4 heteroatoms. The summed E-state index contributed by atoms with van der Waals surface area (Å²) < 4.78 is 17.9. The lowest BCUT2D eigenvalue weighted by atomic mass is 9.95. The first-order valence-electron chi connectivity index (χ1n) is 13.7. The van der Waals surface area contributed by atoms with E-state index in [-0.39, 0.29) is 0 Å². The van der Waals surface area contributed by atoms with Crippen LogP contribution in [0.2, 0.25) is 0 Å². The minimum Gasteiger partial charge on any atom is -0.493 e. The van der Waals surface area contributed by atoms with Gasteiger partial charge in [-0.3, -0.25) is 0 Å². The summed E-state index contributed by atoms with van der Waals surface area (Å²) in [4.78, 5) is 12.0. The van der Waals surface area contributed by atoms with Crippen molar-refractivity contribution in [1.29, 1.82) is 0 Å². The Morgan fingerprint density at radius 3 is 2.17 bits per heavy atom. The number of carbonyl (C=O) groups is 1. The van der Waals surface area contributed by atoms with Gasteiger partial charge in [0.15, 0.2) is 0 Å². The summed E-state index contributed by atoms with van der Waals surface area (Å²) in [6.45, 7) is 9.28. The zero-order chi connectivity index (χ0) is 25.2. The van der Waals surface area contributed by atoms with E-state index in [9.17, 15) is 4.79 Å². The van der Waals surface area contributed by atoms with Gasteiger partial charge in [0, 0.05) is 18.1 Å². The quantitative estimate of drug-likeness (QED) is 0.0857. The van der Waals surface area contributed by atoms with Crippen molar-refractivity contribution in [3.05, 3.63) is 60.7 Å². The molecule has 194 valence electrons. The first-order chi connectivity index (χ1) is 17.1. The fourth-order valence-electron chi connectivity index (χ4n) is 4.25. The van der Waals surface area contributed by atoms with E-state index in [0.29, 0.717) is 13.0 Å². The van der Waals surface area contributed by atoms with Crippen molar-refractivity contribution in [2.75, 3.05) is 13.2 Å². The maximum atomic E-state index is 12.0. The second-order valence-corrected chi connectivity index (χ2v) is 9.36. The van der Waals surface area contributed by atoms with Gasteiger partial charge in [-0.2, -0.15) is 0 Å². The number of hydrogen-bond acceptors (Lipinski definition) is 4. The van der Waals surface area contributed by atoms with Gasteiger partial charge >= 0.3 is 5.97 Å². The van der Waals surface area contributed by atoms with Crippen molar-refractivity contribution in [3.8, 4) is 5.75 Å². The number of benzene rings is 1. The summed E-state index contributed by atoms with van der Waals surface area (Å²) in [5, 5.41) is 0. The van der Waals surface area contributed by atoms with Crippen molar-refractivity contribution in [2.24, 2.45) is 0 Å². The Labute approximate surface area is 213 Å². The van der Waals surface area contributed by atoms with Gasteiger partial charge in [0.1, 0.15) is 5.75 Å². The van der Waals surface area contributed by atoms with Crippen molar-refractivity contribution < 1.29 is 19.0 Å². The highest BCUT2D eigenvalue weighted by Gasteiger charge is 2.33. The molecule has 1 atom stereocenters. The molecule has 0 N–H and O–H groups in total. The molecule has 0 saturated carbocycles. The van der Waals surface area contributed by atoms with Crippen LogP contribution in [0.3, 0.4) is 0 Å². The number of allylic oxidation sites excluding steroid dienone is 2. The van der Waals surface area contributed by atoms with Gasteiger partial charge < -0.3 is 14.2 Å². The molecule has 1 unspecified atom stereocenters. The average Bonchev–Trinajstić information content (AvgIpc) is 2.88. The molecule has 0 aromatic heterocycles. The molecule has 2 rings (SSSR count). The van der Waals surface area contributed by atoms with E-state index in [1.165, 1.54) is 63.9 Å². The molecule has 1 aliphatic rings. The van der Waals surface area contributed by atoms with E-state index in [1.54, 1.807) is 0 Å². The van der Waals surface area contributed by atoms with Crippen LogP contribution in [-0.4, -0.2) is 25.0 Å². The third kappa shape index (κ3) is 10.9. The summed E-state index contributed by atoms with van der Waals surface area (Å²) in [5.41, 5.74) is 2.10. The Morgan fingerprint density at radius 2 is 1.54 bits per heavy atom. The van der Waals surface area contributed by atoms with Crippen LogP contribution in [0, 0.1) is 0 Å². The van der Waals surface area contributed by atoms with Gasteiger partial charge in [0.05, 0.1) is 13.2 Å². The number of esters is 1. The molecule has 0 saturated heterocycles. The second-order valence-electron chi connectivity index (χ2n) is 9.36. The lowest BCUT2D eigenvalue weighted by Crippen LogP contribution is -2.37. The molecule has 1 aromatic rings. The highest BCUT2D eigenvalue weighted by atomic mass is 16.7. The van der Waals surface area contributed by atoms with Gasteiger partial charge in [0.2, 0.25) is 5.79 Å². The zero-order valence-corrected chi connectivity index (χ0v) is 22.1. The molecule has 35 heavy (non-hydrogen) atoms. The van der Waals surface area contributed by atoms with Crippen molar-refractivity contribution in [2.45, 2.75) is 103 Å². The predicted molar refractivity (Wildman–Crippen MR) is 145 cm³/mol. The molecule has 4 nitrogen and oxygen atoms in total. The van der Waals surface area contributed by atoms with E-state index in [4.69, 9.17) is 14.2 Å². The molecule has 0 amide bonds. The van der Waals surface area contributed by atoms with E-state index in [2.05, 4.69) is 32.6 Å². The molecule has 0 heterocycles. The molecule has 1 aliphatic carbocycles. The largest absolute Gasteiger partial charge is 0.493 e. The normalized spacial score (nSPS) is 17.1. The Balaban J connectivity index is 1.94. The van der Waals surface area contributed by atoms with E-state index in [1.807, 2.05) is 30.4 Å². The molecule has 0 radical (unpaired) electrons. The SMILES string of the molecule is C=CC(=O)OC1(OCCCCCCCC)C=CC(c2ccccc2OCCCCCCCC)=CC1. The van der Waals surface area contributed by atoms with Crippen LogP contribution in [0.25, 0.3) is 5.57 Å². The highest BCUT2D eigenvalue weighted by molar-refractivity contribution is 5.82. The third-order valence-corrected chi connectivity index (χ3v) is 6.36. The number of unbranched alkanes of at least 4 members (excludes halogenated alkanes) is 10. The lowest BCUT2D eigenvalue weighted by Gasteiger charge is -2.32. The third-order valence-electron chi connectivity index (χ3n) is 6.36. The molecule has 1 aromatic carbocycles. The van der Waals surface area contributed by atoms with Crippen LogP contribution in [0.15, 0.2) is 55.1 Å². The number of para-hydroxylation sites is 1. The van der Waals surface area contributed by atoms with Gasteiger partial charge in [-0.25, -0.2) is 4.79 Å². The monoisotopic (exact) mass is 482 g/mol.